The molecule has 0 saturated carbocycles. The van der Waals surface area contributed by atoms with E-state index in [0.29, 0.717) is 0 Å². The Balaban J connectivity index is 2.53. The van der Waals surface area contributed by atoms with Crippen molar-refractivity contribution in [2.75, 3.05) is 0 Å². The minimum Gasteiger partial charge on any atom is -0.0942 e. The van der Waals surface area contributed by atoms with Gasteiger partial charge in [0.05, 0.1) is 23.2 Å². The van der Waals surface area contributed by atoms with Crippen LogP contribution in [0.2, 0.25) is 0 Å². The average Bonchev–Trinajstić information content (AvgIpc) is 2.06. The van der Waals surface area contributed by atoms with Gasteiger partial charge in [-0.15, -0.1) is 0 Å². The summed E-state index contributed by atoms with van der Waals surface area (Å²) >= 11 is 0. The second-order valence-electron chi connectivity index (χ2n) is 3.91. The molecule has 0 nitrogen and oxygen atoms in total. The van der Waals surface area contributed by atoms with Gasteiger partial charge in [0.15, 0.2) is 0 Å². The van der Waals surface area contributed by atoms with Crippen LogP contribution in [0.1, 0.15) is 0 Å². The molecule has 0 fully saturated rings. The summed E-state index contributed by atoms with van der Waals surface area (Å²) in [7, 11) is 8.09. The fourth-order valence-corrected chi connectivity index (χ4v) is 1.22. The molecule has 1 aromatic carbocycles. The van der Waals surface area contributed by atoms with Crippen molar-refractivity contribution in [2.24, 2.45) is 0 Å². The fourth-order valence-electron chi connectivity index (χ4n) is 1.22. The van der Waals surface area contributed by atoms with Gasteiger partial charge in [-0.1, -0.05) is 35.8 Å². The minimum absolute atomic E-state index is 0.783. The molecule has 0 saturated heterocycles. The predicted molar refractivity (Wildman–Crippen MR) is 70.4 cm³/mol. The van der Waals surface area contributed by atoms with E-state index in [-0.39, 0.29) is 0 Å². The molecular formula is C6H12B6. The lowest BCUT2D eigenvalue weighted by molar-refractivity contribution is 1.77. The van der Waals surface area contributed by atoms with Gasteiger partial charge in [-0.05, 0) is 0 Å². The van der Waals surface area contributed by atoms with Crippen LogP contribution in [0.25, 0.3) is 0 Å². The van der Waals surface area contributed by atoms with Crippen molar-refractivity contribution >= 4 is 48.6 Å². The van der Waals surface area contributed by atoms with E-state index in [1.54, 1.807) is 0 Å². The van der Waals surface area contributed by atoms with E-state index in [4.69, 9.17) is 0 Å². The van der Waals surface area contributed by atoms with Crippen molar-refractivity contribution in [1.29, 1.82) is 0 Å². The van der Waals surface area contributed by atoms with E-state index in [1.165, 1.54) is 12.6 Å². The topological polar surface area (TPSA) is 0 Å². The van der Waals surface area contributed by atoms with Crippen LogP contribution in [0.4, 0.5) is 0 Å². The Hall–Kier alpha value is -0.390. The average molecular weight is 149 g/mol. The summed E-state index contributed by atoms with van der Waals surface area (Å²) in [5.41, 5.74) is 1.46. The highest BCUT2D eigenvalue weighted by Crippen LogP contribution is 1.83. The highest BCUT2D eigenvalue weighted by Gasteiger charge is 2.14. The van der Waals surface area contributed by atoms with Gasteiger partial charge in [-0.3, -0.25) is 0 Å². The molecule has 0 aliphatic rings. The first-order chi connectivity index (χ1) is 5.70. The Labute approximate surface area is 79.4 Å². The SMILES string of the molecule is BB(B)B(B)Bc1ccccc1. The van der Waals surface area contributed by atoms with Crippen LogP contribution in [0, 0.1) is 0 Å². The van der Waals surface area contributed by atoms with E-state index < -0.39 is 0 Å². The minimum atomic E-state index is 0.783. The van der Waals surface area contributed by atoms with Crippen molar-refractivity contribution in [3.63, 3.8) is 0 Å². The predicted octanol–water partition coefficient (Wildman–Crippen LogP) is -3.30. The Kier molecular flexibility index (Phi) is 3.71. The smallest absolute Gasteiger partial charge is 0.0942 e. The lowest BCUT2D eigenvalue weighted by atomic mass is 8.78. The van der Waals surface area contributed by atoms with Crippen LogP contribution in [-0.2, 0) is 0 Å². The second-order valence-corrected chi connectivity index (χ2v) is 3.91. The lowest BCUT2D eigenvalue weighted by Gasteiger charge is -2.08. The van der Waals surface area contributed by atoms with E-state index >= 15 is 0 Å². The molecule has 6 heteroatoms. The third kappa shape index (κ3) is 2.92. The van der Waals surface area contributed by atoms with Crippen LogP contribution in [0.15, 0.2) is 30.3 Å². The van der Waals surface area contributed by atoms with E-state index in [1.807, 2.05) is 0 Å². The van der Waals surface area contributed by atoms with Gasteiger partial charge >= 0.3 is 0 Å². The highest BCUT2D eigenvalue weighted by atomic mass is 13.7. The summed E-state index contributed by atoms with van der Waals surface area (Å²) in [6, 6.07) is 10.7. The molecule has 0 spiro atoms. The Morgan fingerprint density at radius 3 is 2.08 bits per heavy atom. The molecule has 0 amide bonds. The van der Waals surface area contributed by atoms with Crippen molar-refractivity contribution in [1.82, 2.24) is 0 Å². The number of hydrogen-bond donors (Lipinski definition) is 0. The maximum atomic E-state index is 2.32. The molecule has 0 aromatic heterocycles. The third-order valence-corrected chi connectivity index (χ3v) is 2.54. The number of rotatable bonds is 3. The molecule has 0 unspecified atom stereocenters. The molecule has 12 heavy (non-hydrogen) atoms. The van der Waals surface area contributed by atoms with E-state index in [0.717, 1.165) is 12.8 Å². The summed E-state index contributed by atoms with van der Waals surface area (Å²) in [6.07, 6.45) is 1.57. The molecule has 0 N–H and O–H groups in total. The Morgan fingerprint density at radius 1 is 1.00 bits per heavy atom. The molecule has 0 aliphatic heterocycles. The molecule has 0 bridgehead atoms. The zero-order valence-corrected chi connectivity index (χ0v) is 8.25. The van der Waals surface area contributed by atoms with Crippen molar-refractivity contribution in [2.45, 2.75) is 0 Å². The molecule has 0 heterocycles. The number of benzene rings is 1. The molecule has 54 valence electrons. The molecule has 0 aliphatic carbocycles. The summed E-state index contributed by atoms with van der Waals surface area (Å²) in [5, 5.41) is 0. The van der Waals surface area contributed by atoms with E-state index in [9.17, 15) is 0 Å². The molecule has 1 rings (SSSR count). The van der Waals surface area contributed by atoms with Gasteiger partial charge in [0.1, 0.15) is 7.17 Å². The van der Waals surface area contributed by atoms with Crippen LogP contribution in [-0.4, -0.2) is 43.2 Å². The Morgan fingerprint density at radius 2 is 1.58 bits per heavy atom. The molecule has 1 aromatic rings. The lowest BCUT2D eigenvalue weighted by Crippen LogP contribution is -2.47. The quantitative estimate of drug-likeness (QED) is 0.395. The largest absolute Gasteiger partial charge is 0.109 e. The highest BCUT2D eigenvalue weighted by molar-refractivity contribution is 7.79. The first kappa shape index (κ1) is 9.70. The van der Waals surface area contributed by atoms with Gasteiger partial charge in [0.2, 0.25) is 0 Å². The van der Waals surface area contributed by atoms with Gasteiger partial charge in [-0.25, -0.2) is 0 Å². The maximum absolute atomic E-state index is 2.32. The monoisotopic (exact) mass is 150 g/mol. The van der Waals surface area contributed by atoms with Crippen molar-refractivity contribution in [3.8, 4) is 0 Å². The molecule has 0 radical (unpaired) electrons. The van der Waals surface area contributed by atoms with Gasteiger partial charge in [0, 0.05) is 12.8 Å². The first-order valence-electron chi connectivity index (χ1n) is 4.74. The zero-order chi connectivity index (χ0) is 8.97. The fraction of sp³-hybridized carbons (Fsp3) is 0. The molecule has 0 atom stereocenters. The van der Waals surface area contributed by atoms with Crippen LogP contribution in [0.3, 0.4) is 0 Å². The van der Waals surface area contributed by atoms with Crippen molar-refractivity contribution in [3.05, 3.63) is 30.3 Å². The summed E-state index contributed by atoms with van der Waals surface area (Å²) in [5.74, 6) is 0. The first-order valence-corrected chi connectivity index (χ1v) is 4.74. The van der Waals surface area contributed by atoms with E-state index in [2.05, 4.69) is 53.5 Å². The second kappa shape index (κ2) is 4.59. The summed E-state index contributed by atoms with van der Waals surface area (Å²) in [6.45, 7) is 0. The zero-order valence-electron chi connectivity index (χ0n) is 8.25. The molecular weight excluding hydrogens is 137 g/mol. The summed E-state index contributed by atoms with van der Waals surface area (Å²) < 4.78 is 0. The van der Waals surface area contributed by atoms with Crippen LogP contribution in [0.5, 0.6) is 0 Å². The van der Waals surface area contributed by atoms with Gasteiger partial charge in [0.25, 0.3) is 0 Å². The van der Waals surface area contributed by atoms with Gasteiger partial charge < -0.3 is 0 Å². The third-order valence-electron chi connectivity index (χ3n) is 2.54. The van der Waals surface area contributed by atoms with Crippen molar-refractivity contribution < 1.29 is 0 Å². The normalized spacial score (nSPS) is 9.00. The van der Waals surface area contributed by atoms with Gasteiger partial charge in [-0.2, -0.15) is 0 Å². The number of hydrogen-bond acceptors (Lipinski definition) is 0. The maximum Gasteiger partial charge on any atom is 0.109 e. The summed E-state index contributed by atoms with van der Waals surface area (Å²) in [4.78, 5) is 0. The Bertz CT molecular complexity index is 223. The van der Waals surface area contributed by atoms with Crippen LogP contribution >= 0.6 is 0 Å². The van der Waals surface area contributed by atoms with Crippen LogP contribution < -0.4 is 5.46 Å². The standard InChI is InChI=1S/C6H12B6/c7-11(8)12(9)10-6-4-2-1-3-5-6/h1-5,10H,7-9H2.